The molecule has 6 rings (SSSR count). The Bertz CT molecular complexity index is 1300. The van der Waals surface area contributed by atoms with E-state index >= 15 is 0 Å². The number of aromatic nitrogens is 3. The average Bonchev–Trinajstić information content (AvgIpc) is 3.29. The van der Waals surface area contributed by atoms with Gasteiger partial charge >= 0.3 is 5.69 Å². The summed E-state index contributed by atoms with van der Waals surface area (Å²) in [6.45, 7) is 5.62. The molecule has 2 saturated heterocycles. The molecule has 7 nitrogen and oxygen atoms in total. The van der Waals surface area contributed by atoms with E-state index in [0.717, 1.165) is 62.1 Å². The fourth-order valence-electron chi connectivity index (χ4n) is 5.69. The molecule has 2 aromatic carbocycles. The van der Waals surface area contributed by atoms with E-state index in [0.29, 0.717) is 25.5 Å². The molecule has 1 atom stereocenters. The van der Waals surface area contributed by atoms with Crippen molar-refractivity contribution in [3.8, 4) is 22.5 Å². The first-order chi connectivity index (χ1) is 18.0. The molecule has 37 heavy (non-hydrogen) atoms. The number of amides is 1. The van der Waals surface area contributed by atoms with Crippen molar-refractivity contribution in [2.75, 3.05) is 32.7 Å². The highest BCUT2D eigenvalue weighted by atomic mass is 19.1. The molecule has 2 aliphatic heterocycles. The third-order valence-corrected chi connectivity index (χ3v) is 8.04. The zero-order chi connectivity index (χ0) is 25.4. The molecular formula is C29H34FN5O2. The molecule has 0 N–H and O–H groups in total. The maximum Gasteiger partial charge on any atom is 0.346 e. The Balaban J connectivity index is 1.25. The summed E-state index contributed by atoms with van der Waals surface area (Å²) in [5.74, 6) is 1.17. The summed E-state index contributed by atoms with van der Waals surface area (Å²) in [5, 5.41) is 4.80. The number of nitrogens with zero attached hydrogens (tertiary/aromatic N) is 5. The van der Waals surface area contributed by atoms with E-state index in [-0.39, 0.29) is 29.2 Å². The quantitative estimate of drug-likeness (QED) is 0.468. The molecule has 0 spiro atoms. The first kappa shape index (κ1) is 24.1. The van der Waals surface area contributed by atoms with Crippen molar-refractivity contribution >= 4 is 5.91 Å². The summed E-state index contributed by atoms with van der Waals surface area (Å²) in [6, 6.07) is 14.4. The molecule has 0 bridgehead atoms. The minimum Gasteiger partial charge on any atom is -0.342 e. The predicted molar refractivity (Wildman–Crippen MR) is 140 cm³/mol. The topological polar surface area (TPSA) is 63.4 Å². The van der Waals surface area contributed by atoms with Crippen molar-refractivity contribution in [2.45, 2.75) is 45.2 Å². The molecule has 1 amide bonds. The first-order valence-electron chi connectivity index (χ1n) is 13.6. The summed E-state index contributed by atoms with van der Waals surface area (Å²) >= 11 is 0. The standard InChI is InChI=1S/C29H34FN5O2/c30-26-11-9-23(10-12-26)22-3-5-24(6-4-22)27-31-35(18-17-32-14-1-2-15-32)29(37)34(27)20-21-13-16-33(19-21)28(36)25-7-8-25/h3-6,9-12,21,25H,1-2,7-8,13-20H2/t21-/m1/s1. The van der Waals surface area contributed by atoms with Gasteiger partial charge in [-0.25, -0.2) is 13.9 Å². The maximum atomic E-state index is 13.5. The van der Waals surface area contributed by atoms with Crippen molar-refractivity contribution in [2.24, 2.45) is 11.8 Å². The van der Waals surface area contributed by atoms with E-state index in [2.05, 4.69) is 4.90 Å². The SMILES string of the molecule is O=C(C1CC1)N1CC[C@@H](Cn2c(-c3ccc(-c4ccc(F)cc4)cc3)nn(CCN3CCCC3)c2=O)C1. The molecule has 3 aromatic rings. The van der Waals surface area contributed by atoms with E-state index in [9.17, 15) is 14.0 Å². The molecule has 1 aliphatic carbocycles. The molecule has 0 unspecified atom stereocenters. The van der Waals surface area contributed by atoms with Gasteiger partial charge in [0.1, 0.15) is 5.82 Å². The number of halogens is 1. The van der Waals surface area contributed by atoms with Crippen molar-refractivity contribution in [1.29, 1.82) is 0 Å². The van der Waals surface area contributed by atoms with E-state index in [4.69, 9.17) is 5.10 Å². The van der Waals surface area contributed by atoms with Crippen LogP contribution in [-0.4, -0.2) is 62.8 Å². The van der Waals surface area contributed by atoms with Crippen LogP contribution >= 0.6 is 0 Å². The Kier molecular flexibility index (Phi) is 6.67. The van der Waals surface area contributed by atoms with Gasteiger partial charge in [-0.05, 0) is 74.4 Å². The lowest BCUT2D eigenvalue weighted by Crippen LogP contribution is -2.33. The van der Waals surface area contributed by atoms with Crippen LogP contribution in [0.2, 0.25) is 0 Å². The van der Waals surface area contributed by atoms with Gasteiger partial charge in [0.05, 0.1) is 6.54 Å². The fourth-order valence-corrected chi connectivity index (χ4v) is 5.69. The summed E-state index contributed by atoms with van der Waals surface area (Å²) < 4.78 is 16.8. The Morgan fingerprint density at radius 3 is 2.19 bits per heavy atom. The Hall–Kier alpha value is -3.26. The number of rotatable bonds is 8. The van der Waals surface area contributed by atoms with E-state index < -0.39 is 0 Å². The van der Waals surface area contributed by atoms with Crippen molar-refractivity contribution < 1.29 is 9.18 Å². The molecule has 0 radical (unpaired) electrons. The average molecular weight is 504 g/mol. The Morgan fingerprint density at radius 2 is 1.51 bits per heavy atom. The van der Waals surface area contributed by atoms with E-state index in [1.54, 1.807) is 16.8 Å². The molecular weight excluding hydrogens is 469 g/mol. The van der Waals surface area contributed by atoms with E-state index in [1.165, 1.54) is 25.0 Å². The van der Waals surface area contributed by atoms with Gasteiger partial charge < -0.3 is 9.80 Å². The molecule has 3 aliphatic rings. The third kappa shape index (κ3) is 5.25. The summed E-state index contributed by atoms with van der Waals surface area (Å²) in [7, 11) is 0. The Morgan fingerprint density at radius 1 is 0.865 bits per heavy atom. The van der Waals surface area contributed by atoms with Crippen LogP contribution in [0.5, 0.6) is 0 Å². The van der Waals surface area contributed by atoms with Crippen LogP contribution < -0.4 is 5.69 Å². The second-order valence-corrected chi connectivity index (χ2v) is 10.8. The van der Waals surface area contributed by atoms with Crippen LogP contribution in [0.3, 0.4) is 0 Å². The molecule has 194 valence electrons. The van der Waals surface area contributed by atoms with E-state index in [1.807, 2.05) is 33.7 Å². The van der Waals surface area contributed by atoms with Gasteiger partial charge in [0.25, 0.3) is 0 Å². The lowest BCUT2D eigenvalue weighted by atomic mass is 10.0. The smallest absolute Gasteiger partial charge is 0.342 e. The zero-order valence-electron chi connectivity index (χ0n) is 21.2. The highest BCUT2D eigenvalue weighted by Crippen LogP contribution is 2.33. The second kappa shape index (κ2) is 10.2. The minimum atomic E-state index is -0.256. The number of carbonyl (C=O) groups is 1. The lowest BCUT2D eigenvalue weighted by molar-refractivity contribution is -0.131. The largest absolute Gasteiger partial charge is 0.346 e. The first-order valence-corrected chi connectivity index (χ1v) is 13.6. The molecule has 1 saturated carbocycles. The highest BCUT2D eigenvalue weighted by molar-refractivity contribution is 5.81. The number of carbonyl (C=O) groups excluding carboxylic acids is 1. The molecule has 8 heteroatoms. The van der Waals surface area contributed by atoms with Gasteiger partial charge in [-0.3, -0.25) is 9.36 Å². The number of hydrogen-bond donors (Lipinski definition) is 0. The normalized spacial score (nSPS) is 20.1. The Labute approximate surface area is 216 Å². The monoisotopic (exact) mass is 503 g/mol. The van der Waals surface area contributed by atoms with Crippen LogP contribution in [0, 0.1) is 17.7 Å². The number of benzene rings is 2. The summed E-state index contributed by atoms with van der Waals surface area (Å²) in [6.07, 6.45) is 5.37. The van der Waals surface area contributed by atoms with Crippen molar-refractivity contribution in [1.82, 2.24) is 24.1 Å². The van der Waals surface area contributed by atoms with Gasteiger partial charge in [-0.1, -0.05) is 36.4 Å². The van der Waals surface area contributed by atoms with Gasteiger partial charge in [0.2, 0.25) is 5.91 Å². The van der Waals surface area contributed by atoms with Crippen molar-refractivity contribution in [3.05, 3.63) is 64.8 Å². The van der Waals surface area contributed by atoms with Crippen LogP contribution in [0.15, 0.2) is 53.3 Å². The minimum absolute atomic E-state index is 0.0798. The van der Waals surface area contributed by atoms with Gasteiger partial charge in [-0.15, -0.1) is 5.10 Å². The highest BCUT2D eigenvalue weighted by Gasteiger charge is 2.37. The lowest BCUT2D eigenvalue weighted by Gasteiger charge is -2.16. The van der Waals surface area contributed by atoms with Crippen LogP contribution in [0.4, 0.5) is 4.39 Å². The fraction of sp³-hybridized carbons (Fsp3) is 0.483. The van der Waals surface area contributed by atoms with Crippen LogP contribution in [-0.2, 0) is 17.9 Å². The number of likely N-dealkylation sites (tertiary alicyclic amines) is 2. The number of hydrogen-bond acceptors (Lipinski definition) is 4. The second-order valence-electron chi connectivity index (χ2n) is 10.8. The van der Waals surface area contributed by atoms with Crippen molar-refractivity contribution in [3.63, 3.8) is 0 Å². The van der Waals surface area contributed by atoms with Gasteiger partial charge in [0.15, 0.2) is 5.82 Å². The van der Waals surface area contributed by atoms with Crippen LogP contribution in [0.1, 0.15) is 32.1 Å². The third-order valence-electron chi connectivity index (χ3n) is 8.04. The molecule has 3 heterocycles. The summed E-state index contributed by atoms with van der Waals surface area (Å²) in [5.41, 5.74) is 2.72. The zero-order valence-corrected chi connectivity index (χ0v) is 21.2. The predicted octanol–water partition coefficient (Wildman–Crippen LogP) is 3.87. The van der Waals surface area contributed by atoms with Gasteiger partial charge in [-0.2, -0.15) is 0 Å². The van der Waals surface area contributed by atoms with Crippen LogP contribution in [0.25, 0.3) is 22.5 Å². The summed E-state index contributed by atoms with van der Waals surface area (Å²) in [4.78, 5) is 30.5. The maximum absolute atomic E-state index is 13.5. The molecule has 1 aromatic heterocycles. The molecule has 3 fully saturated rings. The van der Waals surface area contributed by atoms with Gasteiger partial charge in [0, 0.05) is 37.7 Å².